The second-order valence-corrected chi connectivity index (χ2v) is 6.63. The fourth-order valence-corrected chi connectivity index (χ4v) is 3.44. The Bertz CT molecular complexity index is 863. The van der Waals surface area contributed by atoms with Crippen molar-refractivity contribution < 1.29 is 13.9 Å². The normalized spacial score (nSPS) is 22.3. The number of amides is 1. The predicted octanol–water partition coefficient (Wildman–Crippen LogP) is 1.61. The highest BCUT2D eigenvalue weighted by Crippen LogP contribution is 2.32. The number of nitrogens with one attached hydrogen (secondary N) is 1. The summed E-state index contributed by atoms with van der Waals surface area (Å²) in [4.78, 5) is 18.4. The van der Waals surface area contributed by atoms with Crippen molar-refractivity contribution in [2.24, 2.45) is 10.7 Å². The molecule has 0 aromatic heterocycles. The van der Waals surface area contributed by atoms with Crippen LogP contribution in [0.2, 0.25) is 0 Å². The predicted molar refractivity (Wildman–Crippen MR) is 101 cm³/mol. The highest BCUT2D eigenvalue weighted by molar-refractivity contribution is 5.98. The van der Waals surface area contributed by atoms with E-state index in [0.29, 0.717) is 0 Å². The summed E-state index contributed by atoms with van der Waals surface area (Å²) in [5.74, 6) is -0.945. The Morgan fingerprint density at radius 1 is 1.15 bits per heavy atom. The number of nitrogens with two attached hydrogens (primary N) is 1. The number of anilines is 1. The van der Waals surface area contributed by atoms with Crippen molar-refractivity contribution in [3.05, 3.63) is 65.5 Å². The van der Waals surface area contributed by atoms with Crippen LogP contribution in [0.3, 0.4) is 0 Å². The molecule has 140 valence electrons. The lowest BCUT2D eigenvalue weighted by atomic mass is 10.0. The third-order valence-corrected chi connectivity index (χ3v) is 4.88. The minimum Gasteiger partial charge on any atom is -0.466 e. The zero-order chi connectivity index (χ0) is 18.8. The van der Waals surface area contributed by atoms with Gasteiger partial charge in [-0.15, -0.1) is 0 Å². The highest BCUT2D eigenvalue weighted by atomic mass is 19.1. The van der Waals surface area contributed by atoms with Gasteiger partial charge >= 0.3 is 0 Å². The number of halogens is 1. The molecule has 2 aliphatic heterocycles. The molecule has 1 amide bonds. The van der Waals surface area contributed by atoms with Crippen LogP contribution in [0, 0.1) is 5.82 Å². The molecule has 1 saturated heterocycles. The smallest absolute Gasteiger partial charge is 0.246 e. The van der Waals surface area contributed by atoms with Crippen molar-refractivity contribution in [2.45, 2.75) is 12.1 Å². The number of benzene rings is 2. The number of nitrogens with zero attached hydrogens (tertiary/aromatic N) is 2. The molecule has 2 atom stereocenters. The van der Waals surface area contributed by atoms with E-state index in [-0.39, 0.29) is 11.5 Å². The number of rotatable bonds is 4. The average molecular weight is 368 g/mol. The number of primary amides is 1. The molecule has 0 saturated carbocycles. The molecular weight excluding hydrogens is 347 g/mol. The van der Waals surface area contributed by atoms with Gasteiger partial charge in [-0.25, -0.2) is 9.38 Å². The summed E-state index contributed by atoms with van der Waals surface area (Å²) in [5.41, 5.74) is 7.64. The van der Waals surface area contributed by atoms with Crippen LogP contribution in [-0.2, 0) is 9.53 Å². The van der Waals surface area contributed by atoms with E-state index >= 15 is 0 Å². The molecular formula is C20H21FN4O2. The van der Waals surface area contributed by atoms with Crippen LogP contribution in [0.5, 0.6) is 0 Å². The Kier molecular flexibility index (Phi) is 4.77. The Balaban J connectivity index is 1.58. The van der Waals surface area contributed by atoms with Gasteiger partial charge in [-0.05, 0) is 29.8 Å². The molecule has 1 fully saturated rings. The molecule has 0 aliphatic carbocycles. The zero-order valence-corrected chi connectivity index (χ0v) is 14.8. The molecule has 0 bridgehead atoms. The Morgan fingerprint density at radius 3 is 2.52 bits per heavy atom. The van der Waals surface area contributed by atoms with Crippen LogP contribution in [0.25, 0.3) is 0 Å². The second kappa shape index (κ2) is 7.36. The molecule has 6 nitrogen and oxygen atoms in total. The lowest BCUT2D eigenvalue weighted by Gasteiger charge is -2.29. The second-order valence-electron chi connectivity index (χ2n) is 6.63. The van der Waals surface area contributed by atoms with E-state index in [1.54, 1.807) is 18.2 Å². The summed E-state index contributed by atoms with van der Waals surface area (Å²) in [6.45, 7) is 3.81. The summed E-state index contributed by atoms with van der Waals surface area (Å²) in [7, 11) is 0. The third-order valence-electron chi connectivity index (χ3n) is 4.88. The fourth-order valence-electron chi connectivity index (χ4n) is 3.44. The van der Waals surface area contributed by atoms with Gasteiger partial charge in [0.1, 0.15) is 5.82 Å². The van der Waals surface area contributed by atoms with Crippen LogP contribution >= 0.6 is 0 Å². The number of carbonyl (C=O) groups excluding carboxylic acids is 1. The maximum atomic E-state index is 14.1. The zero-order valence-electron chi connectivity index (χ0n) is 14.8. The quantitative estimate of drug-likeness (QED) is 0.859. The summed E-state index contributed by atoms with van der Waals surface area (Å²) < 4.78 is 19.9. The van der Waals surface area contributed by atoms with Crippen LogP contribution in [0.4, 0.5) is 10.1 Å². The monoisotopic (exact) mass is 368 g/mol. The maximum absolute atomic E-state index is 14.1. The fraction of sp³-hybridized carbons (Fsp3) is 0.300. The van der Waals surface area contributed by atoms with E-state index in [9.17, 15) is 9.18 Å². The molecule has 2 aliphatic rings. The number of hydrogen-bond donors (Lipinski definition) is 2. The van der Waals surface area contributed by atoms with Gasteiger partial charge < -0.3 is 20.7 Å². The molecule has 2 aromatic rings. The first kappa shape index (κ1) is 17.5. The van der Waals surface area contributed by atoms with Gasteiger partial charge in [0.05, 0.1) is 5.56 Å². The summed E-state index contributed by atoms with van der Waals surface area (Å²) in [6, 6.07) is 13.1. The van der Waals surface area contributed by atoms with Crippen molar-refractivity contribution in [3.63, 3.8) is 0 Å². The SMILES string of the molecule is NC(=O)C1N=C(c2ccccc2F)OC1c1ccc(N2CCNCC2)cc1. The Hall–Kier alpha value is -2.93. The average Bonchev–Trinajstić information content (AvgIpc) is 3.15. The summed E-state index contributed by atoms with van der Waals surface area (Å²) in [6.07, 6.45) is -0.658. The molecule has 2 unspecified atom stereocenters. The van der Waals surface area contributed by atoms with E-state index in [0.717, 1.165) is 37.4 Å². The minimum absolute atomic E-state index is 0.105. The third kappa shape index (κ3) is 3.50. The van der Waals surface area contributed by atoms with E-state index in [1.807, 2.05) is 24.3 Å². The lowest BCUT2D eigenvalue weighted by molar-refractivity contribution is -0.120. The molecule has 2 aromatic carbocycles. The van der Waals surface area contributed by atoms with Crippen LogP contribution in [0.1, 0.15) is 17.2 Å². The van der Waals surface area contributed by atoms with Crippen LogP contribution in [0.15, 0.2) is 53.5 Å². The van der Waals surface area contributed by atoms with Crippen molar-refractivity contribution in [3.8, 4) is 0 Å². The van der Waals surface area contributed by atoms with Gasteiger partial charge in [-0.1, -0.05) is 24.3 Å². The van der Waals surface area contributed by atoms with Crippen LogP contribution in [-0.4, -0.2) is 44.0 Å². The topological polar surface area (TPSA) is 80.0 Å². The first-order chi connectivity index (χ1) is 13.1. The van der Waals surface area contributed by atoms with E-state index in [2.05, 4.69) is 15.2 Å². The van der Waals surface area contributed by atoms with E-state index in [4.69, 9.17) is 10.5 Å². The Morgan fingerprint density at radius 2 is 1.85 bits per heavy atom. The van der Waals surface area contributed by atoms with Gasteiger partial charge in [-0.2, -0.15) is 0 Å². The first-order valence-electron chi connectivity index (χ1n) is 8.98. The number of carbonyl (C=O) groups is 1. The van der Waals surface area contributed by atoms with Crippen molar-refractivity contribution in [2.75, 3.05) is 31.1 Å². The molecule has 27 heavy (non-hydrogen) atoms. The van der Waals surface area contributed by atoms with E-state index < -0.39 is 23.9 Å². The maximum Gasteiger partial charge on any atom is 0.246 e. The number of aliphatic imine (C=N–C) groups is 1. The van der Waals surface area contributed by atoms with Crippen molar-refractivity contribution >= 4 is 17.5 Å². The van der Waals surface area contributed by atoms with Crippen molar-refractivity contribution in [1.29, 1.82) is 0 Å². The molecule has 0 radical (unpaired) electrons. The molecule has 3 N–H and O–H groups in total. The van der Waals surface area contributed by atoms with Gasteiger partial charge in [0.15, 0.2) is 12.1 Å². The standard InChI is InChI=1S/C20H21FN4O2/c21-16-4-2-1-3-15(16)20-24-17(19(22)26)18(27-20)13-5-7-14(8-6-13)25-11-9-23-10-12-25/h1-8,17-18,23H,9-12H2,(H2,22,26). The number of ether oxygens (including phenoxy) is 1. The van der Waals surface area contributed by atoms with Crippen molar-refractivity contribution in [1.82, 2.24) is 5.32 Å². The number of piperazine rings is 1. The molecule has 7 heteroatoms. The lowest BCUT2D eigenvalue weighted by Crippen LogP contribution is -2.43. The largest absolute Gasteiger partial charge is 0.466 e. The highest BCUT2D eigenvalue weighted by Gasteiger charge is 2.37. The summed E-state index contributed by atoms with van der Waals surface area (Å²) >= 11 is 0. The minimum atomic E-state index is -0.885. The number of hydrogen-bond acceptors (Lipinski definition) is 5. The molecule has 4 rings (SSSR count). The Labute approximate surface area is 156 Å². The van der Waals surface area contributed by atoms with E-state index in [1.165, 1.54) is 6.07 Å². The van der Waals surface area contributed by atoms with Gasteiger partial charge in [0.25, 0.3) is 0 Å². The van der Waals surface area contributed by atoms with Gasteiger partial charge in [0, 0.05) is 31.9 Å². The molecule has 2 heterocycles. The summed E-state index contributed by atoms with van der Waals surface area (Å²) in [5, 5.41) is 3.32. The first-order valence-corrected chi connectivity index (χ1v) is 8.98. The molecule has 0 spiro atoms. The van der Waals surface area contributed by atoms with Gasteiger partial charge in [-0.3, -0.25) is 4.79 Å². The van der Waals surface area contributed by atoms with Crippen LogP contribution < -0.4 is 16.0 Å². The van der Waals surface area contributed by atoms with Gasteiger partial charge in [0.2, 0.25) is 11.8 Å².